The van der Waals surface area contributed by atoms with E-state index in [1.54, 1.807) is 0 Å². The lowest BCUT2D eigenvalue weighted by Gasteiger charge is -2.22. The number of hydrogen-bond donors (Lipinski definition) is 1. The SMILES string of the molecule is COC(=O)[C@H](O)[C@H]1CC(=O)CCC1=O. The number of Topliss-reactive ketones (excluding diaryl/α,β-unsaturated/α-hetero) is 2. The van der Waals surface area contributed by atoms with Crippen molar-refractivity contribution in [1.82, 2.24) is 0 Å². The molecule has 2 atom stereocenters. The van der Waals surface area contributed by atoms with E-state index >= 15 is 0 Å². The van der Waals surface area contributed by atoms with Crippen LogP contribution in [0.3, 0.4) is 0 Å². The average Bonchev–Trinajstić information content (AvgIpc) is 2.19. The molecule has 1 aliphatic rings. The van der Waals surface area contributed by atoms with Crippen molar-refractivity contribution < 1.29 is 24.2 Å². The minimum Gasteiger partial charge on any atom is -0.467 e. The molecule has 0 aromatic carbocycles. The van der Waals surface area contributed by atoms with E-state index in [4.69, 9.17) is 0 Å². The van der Waals surface area contributed by atoms with E-state index in [9.17, 15) is 19.5 Å². The van der Waals surface area contributed by atoms with Crippen LogP contribution in [0.2, 0.25) is 0 Å². The molecule has 1 N–H and O–H groups in total. The predicted molar refractivity (Wildman–Crippen MR) is 45.4 cm³/mol. The number of esters is 1. The van der Waals surface area contributed by atoms with Crippen LogP contribution in [0.5, 0.6) is 0 Å². The third kappa shape index (κ3) is 2.17. The molecule has 0 aromatic heterocycles. The number of aliphatic hydroxyl groups is 1. The van der Waals surface area contributed by atoms with Gasteiger partial charge in [-0.15, -0.1) is 0 Å². The Morgan fingerprint density at radius 1 is 1.50 bits per heavy atom. The van der Waals surface area contributed by atoms with Crippen LogP contribution in [0.25, 0.3) is 0 Å². The fraction of sp³-hybridized carbons (Fsp3) is 0.667. The Kier molecular flexibility index (Phi) is 3.35. The predicted octanol–water partition coefficient (Wildman–Crippen LogP) is -0.541. The van der Waals surface area contributed by atoms with Gasteiger partial charge in [-0.2, -0.15) is 0 Å². The van der Waals surface area contributed by atoms with Crippen LogP contribution in [0.1, 0.15) is 19.3 Å². The third-order valence-corrected chi connectivity index (χ3v) is 2.34. The zero-order valence-electron chi connectivity index (χ0n) is 7.86. The largest absolute Gasteiger partial charge is 0.467 e. The first-order valence-corrected chi connectivity index (χ1v) is 4.36. The van der Waals surface area contributed by atoms with Gasteiger partial charge in [0.1, 0.15) is 11.6 Å². The van der Waals surface area contributed by atoms with Gasteiger partial charge >= 0.3 is 5.97 Å². The molecule has 0 radical (unpaired) electrons. The number of ether oxygens (including phenoxy) is 1. The molecule has 0 saturated heterocycles. The molecule has 0 spiro atoms. The van der Waals surface area contributed by atoms with E-state index in [0.717, 1.165) is 7.11 Å². The molecule has 0 aliphatic heterocycles. The number of hydrogen-bond acceptors (Lipinski definition) is 5. The maximum atomic E-state index is 11.3. The second-order valence-electron chi connectivity index (χ2n) is 3.28. The molecule has 0 amide bonds. The number of carbonyl (C=O) groups excluding carboxylic acids is 3. The molecular weight excluding hydrogens is 188 g/mol. The van der Waals surface area contributed by atoms with Crippen LogP contribution in [-0.2, 0) is 19.1 Å². The Labute approximate surface area is 81.0 Å². The Morgan fingerprint density at radius 3 is 2.71 bits per heavy atom. The van der Waals surface area contributed by atoms with Gasteiger partial charge in [-0.25, -0.2) is 4.79 Å². The highest BCUT2D eigenvalue weighted by molar-refractivity contribution is 5.97. The van der Waals surface area contributed by atoms with E-state index in [-0.39, 0.29) is 30.8 Å². The van der Waals surface area contributed by atoms with E-state index in [0.29, 0.717) is 0 Å². The molecule has 0 unspecified atom stereocenters. The minimum atomic E-state index is -1.50. The smallest absolute Gasteiger partial charge is 0.335 e. The van der Waals surface area contributed by atoms with Crippen LogP contribution >= 0.6 is 0 Å². The van der Waals surface area contributed by atoms with Crippen molar-refractivity contribution in [3.63, 3.8) is 0 Å². The molecule has 1 saturated carbocycles. The zero-order valence-corrected chi connectivity index (χ0v) is 7.86. The van der Waals surface area contributed by atoms with Gasteiger partial charge in [0.05, 0.1) is 13.0 Å². The molecule has 0 heterocycles. The summed E-state index contributed by atoms with van der Waals surface area (Å²) in [5.41, 5.74) is 0. The lowest BCUT2D eigenvalue weighted by molar-refractivity contribution is -0.157. The third-order valence-electron chi connectivity index (χ3n) is 2.34. The summed E-state index contributed by atoms with van der Waals surface area (Å²) in [5, 5.41) is 9.38. The van der Waals surface area contributed by atoms with Crippen molar-refractivity contribution in [2.45, 2.75) is 25.4 Å². The van der Waals surface area contributed by atoms with Gasteiger partial charge in [0.25, 0.3) is 0 Å². The number of carbonyl (C=O) groups is 3. The Balaban J connectivity index is 2.69. The van der Waals surface area contributed by atoms with Gasteiger partial charge in [0.2, 0.25) is 0 Å². The second-order valence-corrected chi connectivity index (χ2v) is 3.28. The first kappa shape index (κ1) is 10.8. The first-order valence-electron chi connectivity index (χ1n) is 4.36. The van der Waals surface area contributed by atoms with Gasteiger partial charge in [0, 0.05) is 19.3 Å². The van der Waals surface area contributed by atoms with Gasteiger partial charge in [-0.05, 0) is 0 Å². The fourth-order valence-corrected chi connectivity index (χ4v) is 1.48. The van der Waals surface area contributed by atoms with Crippen molar-refractivity contribution in [1.29, 1.82) is 0 Å². The maximum Gasteiger partial charge on any atom is 0.335 e. The van der Waals surface area contributed by atoms with E-state index < -0.39 is 18.0 Å². The molecule has 0 bridgehead atoms. The summed E-state index contributed by atoms with van der Waals surface area (Å²) in [6.07, 6.45) is -1.24. The quantitative estimate of drug-likeness (QED) is 0.605. The van der Waals surface area contributed by atoms with E-state index in [1.165, 1.54) is 0 Å². The summed E-state index contributed by atoms with van der Waals surface area (Å²) >= 11 is 0. The highest BCUT2D eigenvalue weighted by Crippen LogP contribution is 2.21. The van der Waals surface area contributed by atoms with E-state index in [1.807, 2.05) is 0 Å². The van der Waals surface area contributed by atoms with Gasteiger partial charge in [0.15, 0.2) is 6.10 Å². The molecular formula is C9H12O5. The highest BCUT2D eigenvalue weighted by Gasteiger charge is 2.36. The second kappa shape index (κ2) is 4.32. The van der Waals surface area contributed by atoms with Gasteiger partial charge < -0.3 is 9.84 Å². The van der Waals surface area contributed by atoms with Crippen LogP contribution in [0.15, 0.2) is 0 Å². The molecule has 5 heteroatoms. The standard InChI is InChI=1S/C9H12O5/c1-14-9(13)8(12)6-4-5(10)2-3-7(6)11/h6,8,12H,2-4H2,1H3/t6-,8+/m0/s1. The van der Waals surface area contributed by atoms with Crippen LogP contribution in [0.4, 0.5) is 0 Å². The molecule has 1 rings (SSSR count). The average molecular weight is 200 g/mol. The molecule has 5 nitrogen and oxygen atoms in total. The first-order chi connectivity index (χ1) is 6.56. The fourth-order valence-electron chi connectivity index (χ4n) is 1.48. The van der Waals surface area contributed by atoms with Crippen molar-refractivity contribution in [2.24, 2.45) is 5.92 Å². The highest BCUT2D eigenvalue weighted by atomic mass is 16.5. The number of rotatable bonds is 2. The van der Waals surface area contributed by atoms with Crippen LogP contribution < -0.4 is 0 Å². The summed E-state index contributed by atoms with van der Waals surface area (Å²) in [5.74, 6) is -2.12. The zero-order chi connectivity index (χ0) is 10.7. The lowest BCUT2D eigenvalue weighted by Crippen LogP contribution is -2.39. The Hall–Kier alpha value is -1.23. The van der Waals surface area contributed by atoms with Crippen molar-refractivity contribution in [3.8, 4) is 0 Å². The summed E-state index contributed by atoms with van der Waals surface area (Å²) in [7, 11) is 1.13. The number of ketones is 2. The summed E-state index contributed by atoms with van der Waals surface area (Å²) in [4.78, 5) is 33.2. The monoisotopic (exact) mass is 200 g/mol. The topological polar surface area (TPSA) is 80.7 Å². The van der Waals surface area contributed by atoms with Crippen molar-refractivity contribution >= 4 is 17.5 Å². The Morgan fingerprint density at radius 2 is 2.14 bits per heavy atom. The lowest BCUT2D eigenvalue weighted by atomic mass is 9.83. The van der Waals surface area contributed by atoms with E-state index in [2.05, 4.69) is 4.74 Å². The summed E-state index contributed by atoms with van der Waals surface area (Å²) in [6, 6.07) is 0. The molecule has 78 valence electrons. The molecule has 1 aliphatic carbocycles. The van der Waals surface area contributed by atoms with Crippen molar-refractivity contribution in [2.75, 3.05) is 7.11 Å². The summed E-state index contributed by atoms with van der Waals surface area (Å²) < 4.78 is 4.30. The maximum absolute atomic E-state index is 11.3. The van der Waals surface area contributed by atoms with Gasteiger partial charge in [-0.3, -0.25) is 9.59 Å². The summed E-state index contributed by atoms with van der Waals surface area (Å²) in [6.45, 7) is 0. The molecule has 0 aromatic rings. The normalized spacial score (nSPS) is 24.6. The number of methoxy groups -OCH3 is 1. The number of aliphatic hydroxyl groups excluding tert-OH is 1. The Bertz CT molecular complexity index is 270. The van der Waals surface area contributed by atoms with Crippen molar-refractivity contribution in [3.05, 3.63) is 0 Å². The molecule has 14 heavy (non-hydrogen) atoms. The van der Waals surface area contributed by atoms with Crippen LogP contribution in [-0.4, -0.2) is 35.9 Å². The van der Waals surface area contributed by atoms with Gasteiger partial charge in [-0.1, -0.05) is 0 Å². The van der Waals surface area contributed by atoms with Crippen LogP contribution in [0, 0.1) is 5.92 Å². The minimum absolute atomic E-state index is 0.0604. The molecule has 1 fully saturated rings.